The van der Waals surface area contributed by atoms with Gasteiger partial charge in [0, 0.05) is 23.8 Å². The predicted octanol–water partition coefficient (Wildman–Crippen LogP) is 2.21. The molecule has 0 unspecified atom stereocenters. The molecule has 0 bridgehead atoms. The summed E-state index contributed by atoms with van der Waals surface area (Å²) >= 11 is 1.56. The minimum atomic E-state index is -0.0218. The van der Waals surface area contributed by atoms with Crippen LogP contribution in [0.3, 0.4) is 0 Å². The first-order valence-electron chi connectivity index (χ1n) is 7.50. The number of thioether (sulfide) groups is 1. The molecule has 0 saturated heterocycles. The van der Waals surface area contributed by atoms with E-state index in [1.54, 1.807) is 24.3 Å². The average molecular weight is 339 g/mol. The van der Waals surface area contributed by atoms with Gasteiger partial charge in [0.15, 0.2) is 5.82 Å². The van der Waals surface area contributed by atoms with Gasteiger partial charge in [-0.05, 0) is 23.8 Å². The summed E-state index contributed by atoms with van der Waals surface area (Å²) in [6.45, 7) is 0.348. The van der Waals surface area contributed by atoms with Crippen LogP contribution in [0.15, 0.2) is 61.2 Å². The zero-order chi connectivity index (χ0) is 16.6. The molecule has 3 rings (SSSR count). The number of pyridine rings is 1. The van der Waals surface area contributed by atoms with Gasteiger partial charge in [-0.3, -0.25) is 14.3 Å². The summed E-state index contributed by atoms with van der Waals surface area (Å²) in [7, 11) is 0. The van der Waals surface area contributed by atoms with Crippen LogP contribution in [0.1, 0.15) is 11.4 Å². The fourth-order valence-electron chi connectivity index (χ4n) is 2.16. The van der Waals surface area contributed by atoms with Crippen LogP contribution in [-0.4, -0.2) is 31.4 Å². The van der Waals surface area contributed by atoms with Crippen molar-refractivity contribution in [2.75, 3.05) is 5.75 Å². The van der Waals surface area contributed by atoms with Gasteiger partial charge in [-0.15, -0.1) is 22.0 Å². The molecule has 0 fully saturated rings. The molecule has 0 saturated carbocycles. The van der Waals surface area contributed by atoms with E-state index < -0.39 is 0 Å². The molecule has 122 valence electrons. The molecule has 6 nitrogen and oxygen atoms in total. The second-order valence-corrected chi connectivity index (χ2v) is 6.07. The van der Waals surface area contributed by atoms with Gasteiger partial charge < -0.3 is 5.32 Å². The maximum absolute atomic E-state index is 12.0. The Labute approximate surface area is 144 Å². The third-order valence-corrected chi connectivity index (χ3v) is 4.32. The summed E-state index contributed by atoms with van der Waals surface area (Å²) in [6, 6.07) is 13.7. The fraction of sp³-hybridized carbons (Fsp3) is 0.176. The lowest BCUT2D eigenvalue weighted by molar-refractivity contribution is -0.118. The zero-order valence-corrected chi connectivity index (χ0v) is 13.8. The maximum Gasteiger partial charge on any atom is 0.230 e. The van der Waals surface area contributed by atoms with E-state index in [0.717, 1.165) is 17.0 Å². The highest BCUT2D eigenvalue weighted by molar-refractivity contribution is 7.99. The molecule has 2 heterocycles. The Kier molecular flexibility index (Phi) is 5.57. The van der Waals surface area contributed by atoms with Gasteiger partial charge in [0.2, 0.25) is 5.91 Å². The molecule has 0 radical (unpaired) electrons. The van der Waals surface area contributed by atoms with Crippen molar-refractivity contribution in [2.24, 2.45) is 0 Å². The summed E-state index contributed by atoms with van der Waals surface area (Å²) in [5.41, 5.74) is 2.08. The van der Waals surface area contributed by atoms with Crippen LogP contribution in [0.4, 0.5) is 0 Å². The van der Waals surface area contributed by atoms with E-state index in [0.29, 0.717) is 18.1 Å². The summed E-state index contributed by atoms with van der Waals surface area (Å²) in [5.74, 6) is 1.84. The van der Waals surface area contributed by atoms with Crippen molar-refractivity contribution in [3.8, 4) is 5.69 Å². The first-order valence-corrected chi connectivity index (χ1v) is 8.66. The van der Waals surface area contributed by atoms with Crippen molar-refractivity contribution in [1.29, 1.82) is 0 Å². The smallest absolute Gasteiger partial charge is 0.230 e. The molecule has 3 aromatic rings. The van der Waals surface area contributed by atoms with Crippen LogP contribution in [0, 0.1) is 0 Å². The molecule has 24 heavy (non-hydrogen) atoms. The van der Waals surface area contributed by atoms with Crippen LogP contribution in [0.25, 0.3) is 5.69 Å². The molecular weight excluding hydrogens is 322 g/mol. The highest BCUT2D eigenvalue weighted by Gasteiger charge is 2.08. The molecule has 1 aromatic carbocycles. The van der Waals surface area contributed by atoms with Gasteiger partial charge in [-0.25, -0.2) is 0 Å². The number of rotatable bonds is 7. The normalized spacial score (nSPS) is 10.5. The lowest BCUT2D eigenvalue weighted by atomic mass is 10.3. The van der Waals surface area contributed by atoms with Gasteiger partial charge in [0.1, 0.15) is 6.33 Å². The highest BCUT2D eigenvalue weighted by Crippen LogP contribution is 2.11. The van der Waals surface area contributed by atoms with E-state index in [2.05, 4.69) is 20.5 Å². The molecule has 2 aromatic heterocycles. The number of carbonyl (C=O) groups excluding carboxylic acids is 1. The van der Waals surface area contributed by atoms with Crippen LogP contribution >= 0.6 is 11.8 Å². The van der Waals surface area contributed by atoms with E-state index in [4.69, 9.17) is 0 Å². The topological polar surface area (TPSA) is 72.7 Å². The molecule has 0 aliphatic rings. The van der Waals surface area contributed by atoms with Gasteiger partial charge in [-0.2, -0.15) is 0 Å². The van der Waals surface area contributed by atoms with Gasteiger partial charge in [0.25, 0.3) is 0 Å². The average Bonchev–Trinajstić information content (AvgIpc) is 3.10. The second-order valence-electron chi connectivity index (χ2n) is 5.08. The standard InChI is InChI=1S/C17H17N5OS/c23-17(12-24-11-14-5-4-8-18-9-14)19-10-16-21-20-13-22(16)15-6-2-1-3-7-15/h1-9,13H,10-12H2,(H,19,23). The molecule has 0 atom stereocenters. The van der Waals surface area contributed by atoms with Crippen molar-refractivity contribution in [2.45, 2.75) is 12.3 Å². The van der Waals surface area contributed by atoms with E-state index >= 15 is 0 Å². The Balaban J connectivity index is 1.48. The molecular formula is C17H17N5OS. The minimum absolute atomic E-state index is 0.0218. The molecule has 7 heteroatoms. The van der Waals surface area contributed by atoms with Crippen molar-refractivity contribution in [3.63, 3.8) is 0 Å². The van der Waals surface area contributed by atoms with Gasteiger partial charge in [-0.1, -0.05) is 24.3 Å². The number of para-hydroxylation sites is 1. The van der Waals surface area contributed by atoms with Crippen LogP contribution in [-0.2, 0) is 17.1 Å². The van der Waals surface area contributed by atoms with Gasteiger partial charge >= 0.3 is 0 Å². The number of hydrogen-bond acceptors (Lipinski definition) is 5. The zero-order valence-electron chi connectivity index (χ0n) is 13.0. The monoisotopic (exact) mass is 339 g/mol. The van der Waals surface area contributed by atoms with E-state index in [-0.39, 0.29) is 5.91 Å². The number of nitrogens with zero attached hydrogens (tertiary/aromatic N) is 4. The highest BCUT2D eigenvalue weighted by atomic mass is 32.2. The van der Waals surface area contributed by atoms with Crippen LogP contribution < -0.4 is 5.32 Å². The van der Waals surface area contributed by atoms with E-state index in [1.165, 1.54) is 0 Å². The number of hydrogen-bond donors (Lipinski definition) is 1. The first kappa shape index (κ1) is 16.2. The number of carbonyl (C=O) groups is 1. The lowest BCUT2D eigenvalue weighted by Crippen LogP contribution is -2.26. The second kappa shape index (κ2) is 8.26. The first-order chi connectivity index (χ1) is 11.8. The number of nitrogens with one attached hydrogen (secondary N) is 1. The molecule has 0 spiro atoms. The Morgan fingerprint density at radius 2 is 2.04 bits per heavy atom. The minimum Gasteiger partial charge on any atom is -0.348 e. The number of amides is 1. The molecule has 0 aliphatic heterocycles. The van der Waals surface area contributed by atoms with Crippen molar-refractivity contribution < 1.29 is 4.79 Å². The third-order valence-electron chi connectivity index (χ3n) is 3.32. The molecule has 1 amide bonds. The predicted molar refractivity (Wildman–Crippen MR) is 93.6 cm³/mol. The summed E-state index contributed by atoms with van der Waals surface area (Å²) in [4.78, 5) is 16.0. The maximum atomic E-state index is 12.0. The van der Waals surface area contributed by atoms with Crippen LogP contribution in [0.5, 0.6) is 0 Å². The fourth-order valence-corrected chi connectivity index (χ4v) is 2.95. The van der Waals surface area contributed by atoms with Crippen molar-refractivity contribution >= 4 is 17.7 Å². The Morgan fingerprint density at radius 1 is 1.17 bits per heavy atom. The lowest BCUT2D eigenvalue weighted by Gasteiger charge is -2.08. The summed E-state index contributed by atoms with van der Waals surface area (Å²) in [6.07, 6.45) is 5.20. The van der Waals surface area contributed by atoms with E-state index in [9.17, 15) is 4.79 Å². The third kappa shape index (κ3) is 4.42. The molecule has 1 N–H and O–H groups in total. The Hall–Kier alpha value is -2.67. The number of benzene rings is 1. The molecule has 0 aliphatic carbocycles. The van der Waals surface area contributed by atoms with Gasteiger partial charge in [0.05, 0.1) is 12.3 Å². The van der Waals surface area contributed by atoms with Crippen molar-refractivity contribution in [3.05, 3.63) is 72.6 Å². The van der Waals surface area contributed by atoms with Crippen molar-refractivity contribution in [1.82, 2.24) is 25.1 Å². The SMILES string of the molecule is O=C(CSCc1cccnc1)NCc1nncn1-c1ccccc1. The Morgan fingerprint density at radius 3 is 2.83 bits per heavy atom. The van der Waals surface area contributed by atoms with Crippen LogP contribution in [0.2, 0.25) is 0 Å². The summed E-state index contributed by atoms with van der Waals surface area (Å²) < 4.78 is 1.86. The Bertz CT molecular complexity index is 776. The largest absolute Gasteiger partial charge is 0.348 e. The summed E-state index contributed by atoms with van der Waals surface area (Å²) in [5, 5.41) is 10.9. The number of aromatic nitrogens is 4. The van der Waals surface area contributed by atoms with E-state index in [1.807, 2.05) is 53.2 Å². The quantitative estimate of drug-likeness (QED) is 0.714.